The molecule has 2 amide bonds. The first-order valence-electron chi connectivity index (χ1n) is 10.8. The monoisotopic (exact) mass is 401 g/mol. The Bertz CT molecular complexity index is 684. The Morgan fingerprint density at radius 2 is 1.86 bits per heavy atom. The molecule has 1 N–H and O–H groups in total. The van der Waals surface area contributed by atoms with Gasteiger partial charge in [-0.1, -0.05) is 44.2 Å². The predicted molar refractivity (Wildman–Crippen MR) is 114 cm³/mol. The Morgan fingerprint density at radius 1 is 1.17 bits per heavy atom. The maximum atomic E-state index is 13.4. The second-order valence-electron chi connectivity index (χ2n) is 8.81. The van der Waals surface area contributed by atoms with Crippen molar-refractivity contribution in [3.63, 3.8) is 0 Å². The third kappa shape index (κ3) is 5.37. The lowest BCUT2D eigenvalue weighted by Gasteiger charge is -2.41. The highest BCUT2D eigenvalue weighted by Crippen LogP contribution is 2.36. The van der Waals surface area contributed by atoms with Crippen molar-refractivity contribution in [2.75, 3.05) is 45.9 Å². The Hall–Kier alpha value is -1.92. The van der Waals surface area contributed by atoms with E-state index >= 15 is 0 Å². The highest BCUT2D eigenvalue weighted by atomic mass is 16.5. The number of hydrogen-bond donors (Lipinski definition) is 1. The number of amides is 2. The lowest BCUT2D eigenvalue weighted by Crippen LogP contribution is -2.55. The van der Waals surface area contributed by atoms with Gasteiger partial charge in [-0.3, -0.25) is 14.5 Å². The van der Waals surface area contributed by atoms with Crippen LogP contribution >= 0.6 is 0 Å². The molecule has 0 bridgehead atoms. The fraction of sp³-hybridized carbons (Fsp3) is 0.652. The van der Waals surface area contributed by atoms with Crippen molar-refractivity contribution < 1.29 is 14.3 Å². The van der Waals surface area contributed by atoms with Crippen LogP contribution in [0.2, 0.25) is 0 Å². The van der Waals surface area contributed by atoms with Crippen LogP contribution in [0.15, 0.2) is 30.3 Å². The molecule has 0 aromatic heterocycles. The summed E-state index contributed by atoms with van der Waals surface area (Å²) in [6, 6.07) is 10.00. The third-order valence-corrected chi connectivity index (χ3v) is 6.16. The first kappa shape index (κ1) is 21.8. The molecule has 6 heteroatoms. The summed E-state index contributed by atoms with van der Waals surface area (Å²) < 4.78 is 5.91. The number of morpholine rings is 1. The standard InChI is InChI=1S/C23H35N3O3/c1-18(2)16-25-13-14-29-21(17-25)15-24-22(28)23(20-7-5-4-6-8-20)9-11-26(12-10-23)19(3)27/h4-8,18,21H,9-17H2,1-3H3,(H,24,28). The Kier molecular flexibility index (Phi) is 7.30. The smallest absolute Gasteiger partial charge is 0.230 e. The average Bonchev–Trinajstić information content (AvgIpc) is 2.72. The summed E-state index contributed by atoms with van der Waals surface area (Å²) in [7, 11) is 0. The van der Waals surface area contributed by atoms with Gasteiger partial charge in [-0.05, 0) is 24.3 Å². The van der Waals surface area contributed by atoms with E-state index in [1.807, 2.05) is 35.2 Å². The minimum atomic E-state index is -0.584. The molecular weight excluding hydrogens is 366 g/mol. The summed E-state index contributed by atoms with van der Waals surface area (Å²) in [6.07, 6.45) is 1.32. The van der Waals surface area contributed by atoms with E-state index in [0.717, 1.165) is 25.2 Å². The number of ether oxygens (including phenoxy) is 1. The zero-order chi connectivity index (χ0) is 20.9. The van der Waals surface area contributed by atoms with Crippen molar-refractivity contribution in [2.24, 2.45) is 5.92 Å². The van der Waals surface area contributed by atoms with E-state index in [0.29, 0.717) is 45.0 Å². The largest absolute Gasteiger partial charge is 0.374 e. The summed E-state index contributed by atoms with van der Waals surface area (Å²) in [5, 5.41) is 3.19. The Balaban J connectivity index is 1.66. The minimum Gasteiger partial charge on any atom is -0.374 e. The fourth-order valence-electron chi connectivity index (χ4n) is 4.57. The number of piperidine rings is 1. The van der Waals surface area contributed by atoms with Crippen LogP contribution in [-0.4, -0.2) is 73.6 Å². The zero-order valence-corrected chi connectivity index (χ0v) is 18.0. The van der Waals surface area contributed by atoms with Gasteiger partial charge in [0.25, 0.3) is 0 Å². The number of benzene rings is 1. The predicted octanol–water partition coefficient (Wildman–Crippen LogP) is 2.04. The summed E-state index contributed by atoms with van der Waals surface area (Å²) in [5.74, 6) is 0.751. The van der Waals surface area contributed by atoms with Crippen LogP contribution in [0, 0.1) is 5.92 Å². The number of rotatable bonds is 6. The lowest BCUT2D eigenvalue weighted by atomic mass is 9.72. The summed E-state index contributed by atoms with van der Waals surface area (Å²) in [6.45, 7) is 11.4. The highest BCUT2D eigenvalue weighted by Gasteiger charge is 2.43. The van der Waals surface area contributed by atoms with Crippen molar-refractivity contribution in [3.05, 3.63) is 35.9 Å². The summed E-state index contributed by atoms with van der Waals surface area (Å²) >= 11 is 0. The van der Waals surface area contributed by atoms with Crippen molar-refractivity contribution in [1.29, 1.82) is 0 Å². The normalized spacial score (nSPS) is 22.5. The topological polar surface area (TPSA) is 61.9 Å². The second kappa shape index (κ2) is 9.72. The van der Waals surface area contributed by atoms with Crippen LogP contribution < -0.4 is 5.32 Å². The zero-order valence-electron chi connectivity index (χ0n) is 18.0. The maximum absolute atomic E-state index is 13.4. The molecule has 2 heterocycles. The fourth-order valence-corrected chi connectivity index (χ4v) is 4.57. The summed E-state index contributed by atoms with van der Waals surface area (Å²) in [4.78, 5) is 29.4. The SMILES string of the molecule is CC(=O)N1CCC(C(=O)NCC2CN(CC(C)C)CCO2)(c2ccccc2)CC1. The number of nitrogens with one attached hydrogen (secondary N) is 1. The van der Waals surface area contributed by atoms with Crippen LogP contribution in [0.5, 0.6) is 0 Å². The molecule has 29 heavy (non-hydrogen) atoms. The van der Waals surface area contributed by atoms with Gasteiger partial charge in [0.1, 0.15) is 0 Å². The highest BCUT2D eigenvalue weighted by molar-refractivity contribution is 5.88. The van der Waals surface area contributed by atoms with Crippen LogP contribution in [0.1, 0.15) is 39.2 Å². The van der Waals surface area contributed by atoms with Crippen LogP contribution in [0.3, 0.4) is 0 Å². The van der Waals surface area contributed by atoms with E-state index in [4.69, 9.17) is 4.74 Å². The van der Waals surface area contributed by atoms with Gasteiger partial charge in [-0.2, -0.15) is 0 Å². The molecular formula is C23H35N3O3. The molecule has 1 unspecified atom stereocenters. The average molecular weight is 402 g/mol. The number of carbonyl (C=O) groups is 2. The quantitative estimate of drug-likeness (QED) is 0.792. The van der Waals surface area contributed by atoms with Crippen LogP contribution in [-0.2, 0) is 19.7 Å². The molecule has 2 saturated heterocycles. The molecule has 1 aromatic rings. The second-order valence-corrected chi connectivity index (χ2v) is 8.81. The van der Waals surface area contributed by atoms with E-state index < -0.39 is 5.41 Å². The van der Waals surface area contributed by atoms with E-state index in [1.165, 1.54) is 0 Å². The molecule has 6 nitrogen and oxygen atoms in total. The van der Waals surface area contributed by atoms with Crippen LogP contribution in [0.25, 0.3) is 0 Å². The maximum Gasteiger partial charge on any atom is 0.230 e. The number of likely N-dealkylation sites (tertiary alicyclic amines) is 1. The third-order valence-electron chi connectivity index (χ3n) is 6.16. The molecule has 1 atom stereocenters. The van der Waals surface area contributed by atoms with Crippen molar-refractivity contribution in [2.45, 2.75) is 45.1 Å². The van der Waals surface area contributed by atoms with Gasteiger partial charge in [0.05, 0.1) is 18.1 Å². The molecule has 2 aliphatic rings. The van der Waals surface area contributed by atoms with Gasteiger partial charge >= 0.3 is 0 Å². The number of carbonyl (C=O) groups excluding carboxylic acids is 2. The summed E-state index contributed by atoms with van der Waals surface area (Å²) in [5.41, 5.74) is 0.450. The van der Waals surface area contributed by atoms with Gasteiger partial charge in [-0.15, -0.1) is 0 Å². The van der Waals surface area contributed by atoms with Gasteiger partial charge in [0.15, 0.2) is 0 Å². The molecule has 2 fully saturated rings. The first-order chi connectivity index (χ1) is 13.9. The molecule has 2 aliphatic heterocycles. The van der Waals surface area contributed by atoms with Crippen LogP contribution in [0.4, 0.5) is 0 Å². The molecule has 160 valence electrons. The van der Waals surface area contributed by atoms with Crippen molar-refractivity contribution in [1.82, 2.24) is 15.1 Å². The van der Waals surface area contributed by atoms with E-state index in [-0.39, 0.29) is 17.9 Å². The Labute approximate surface area is 174 Å². The molecule has 0 aliphatic carbocycles. The van der Waals surface area contributed by atoms with Gasteiger partial charge in [0, 0.05) is 46.2 Å². The van der Waals surface area contributed by atoms with Gasteiger partial charge in [-0.25, -0.2) is 0 Å². The van der Waals surface area contributed by atoms with Gasteiger partial charge in [0.2, 0.25) is 11.8 Å². The Morgan fingerprint density at radius 3 is 2.48 bits per heavy atom. The molecule has 3 rings (SSSR count). The van der Waals surface area contributed by atoms with E-state index in [1.54, 1.807) is 6.92 Å². The van der Waals surface area contributed by atoms with E-state index in [2.05, 4.69) is 24.1 Å². The van der Waals surface area contributed by atoms with Gasteiger partial charge < -0.3 is 15.0 Å². The molecule has 1 aromatic carbocycles. The first-order valence-corrected chi connectivity index (χ1v) is 10.8. The number of nitrogens with zero attached hydrogens (tertiary/aromatic N) is 2. The van der Waals surface area contributed by atoms with Crippen molar-refractivity contribution in [3.8, 4) is 0 Å². The molecule has 0 saturated carbocycles. The lowest BCUT2D eigenvalue weighted by molar-refractivity contribution is -0.136. The van der Waals surface area contributed by atoms with E-state index in [9.17, 15) is 9.59 Å². The number of hydrogen-bond acceptors (Lipinski definition) is 4. The minimum absolute atomic E-state index is 0.0246. The molecule has 0 spiro atoms. The van der Waals surface area contributed by atoms with Crippen molar-refractivity contribution >= 4 is 11.8 Å². The molecule has 0 radical (unpaired) electrons.